The van der Waals surface area contributed by atoms with Gasteiger partial charge in [-0.15, -0.1) is 0 Å². The van der Waals surface area contributed by atoms with Gasteiger partial charge in [-0.1, -0.05) is 18.2 Å². The van der Waals surface area contributed by atoms with Crippen LogP contribution in [0.5, 0.6) is 0 Å². The van der Waals surface area contributed by atoms with Crippen LogP contribution in [-0.4, -0.2) is 15.9 Å². The topological polar surface area (TPSA) is 66.9 Å². The highest BCUT2D eigenvalue weighted by atomic mass is 16.1. The molecule has 0 aliphatic carbocycles. The Labute approximate surface area is 147 Å². The molecule has 0 saturated carbocycles. The van der Waals surface area contributed by atoms with E-state index in [1.54, 1.807) is 6.20 Å². The smallest absolute Gasteiger partial charge is 0.275 e. The highest BCUT2D eigenvalue weighted by Crippen LogP contribution is 2.18. The number of rotatable bonds is 4. The maximum atomic E-state index is 12.2. The van der Waals surface area contributed by atoms with Gasteiger partial charge in [0.05, 0.1) is 12.4 Å². The van der Waals surface area contributed by atoms with Crippen LogP contribution in [0.25, 0.3) is 0 Å². The van der Waals surface area contributed by atoms with E-state index in [0.717, 1.165) is 16.9 Å². The Morgan fingerprint density at radius 3 is 2.40 bits per heavy atom. The zero-order valence-corrected chi connectivity index (χ0v) is 14.5. The van der Waals surface area contributed by atoms with Gasteiger partial charge in [-0.3, -0.25) is 4.79 Å². The molecule has 3 aromatic rings. The number of hydrogen-bond acceptors (Lipinski definition) is 4. The number of aryl methyl sites for hydroxylation is 3. The normalized spacial score (nSPS) is 10.4. The molecule has 25 heavy (non-hydrogen) atoms. The molecule has 5 nitrogen and oxygen atoms in total. The van der Waals surface area contributed by atoms with Crippen molar-refractivity contribution in [2.24, 2.45) is 0 Å². The fourth-order valence-corrected chi connectivity index (χ4v) is 2.39. The second-order valence-electron chi connectivity index (χ2n) is 6.03. The highest BCUT2D eigenvalue weighted by Gasteiger charge is 2.09. The molecule has 2 aromatic carbocycles. The van der Waals surface area contributed by atoms with Crippen molar-refractivity contribution in [1.29, 1.82) is 0 Å². The Morgan fingerprint density at radius 2 is 1.72 bits per heavy atom. The number of aromatic nitrogens is 2. The predicted molar refractivity (Wildman–Crippen MR) is 100 cm³/mol. The molecule has 1 aromatic heterocycles. The van der Waals surface area contributed by atoms with Gasteiger partial charge in [-0.05, 0) is 61.7 Å². The number of hydrogen-bond donors (Lipinski definition) is 2. The minimum Gasteiger partial charge on any atom is -0.339 e. The quantitative estimate of drug-likeness (QED) is 0.743. The Morgan fingerprint density at radius 1 is 0.880 bits per heavy atom. The first-order valence-electron chi connectivity index (χ1n) is 8.05. The van der Waals surface area contributed by atoms with Crippen LogP contribution in [0.1, 0.15) is 27.2 Å². The van der Waals surface area contributed by atoms with Crippen molar-refractivity contribution in [2.45, 2.75) is 20.8 Å². The number of anilines is 3. The van der Waals surface area contributed by atoms with Crippen molar-refractivity contribution in [3.05, 3.63) is 77.2 Å². The van der Waals surface area contributed by atoms with E-state index in [2.05, 4.69) is 46.6 Å². The van der Waals surface area contributed by atoms with Gasteiger partial charge in [-0.2, -0.15) is 0 Å². The average Bonchev–Trinajstić information content (AvgIpc) is 2.59. The summed E-state index contributed by atoms with van der Waals surface area (Å²) in [6.45, 7) is 6.11. The number of nitrogens with one attached hydrogen (secondary N) is 2. The highest BCUT2D eigenvalue weighted by molar-refractivity contribution is 6.02. The van der Waals surface area contributed by atoms with Crippen molar-refractivity contribution in [3.63, 3.8) is 0 Å². The Hall–Kier alpha value is -3.21. The second-order valence-corrected chi connectivity index (χ2v) is 6.03. The third-order valence-corrected chi connectivity index (χ3v) is 3.94. The van der Waals surface area contributed by atoms with Gasteiger partial charge in [0.2, 0.25) is 0 Å². The summed E-state index contributed by atoms with van der Waals surface area (Å²) in [4.78, 5) is 20.7. The molecule has 0 unspecified atom stereocenters. The van der Waals surface area contributed by atoms with Crippen LogP contribution in [-0.2, 0) is 0 Å². The van der Waals surface area contributed by atoms with Crippen molar-refractivity contribution in [2.75, 3.05) is 10.6 Å². The van der Waals surface area contributed by atoms with Gasteiger partial charge in [-0.25, -0.2) is 9.97 Å². The molecule has 0 saturated heterocycles. The average molecular weight is 332 g/mol. The molecule has 0 aliphatic heterocycles. The summed E-state index contributed by atoms with van der Waals surface area (Å²) < 4.78 is 0. The second kappa shape index (κ2) is 7.13. The first kappa shape index (κ1) is 16.6. The van der Waals surface area contributed by atoms with E-state index in [0.29, 0.717) is 5.82 Å². The summed E-state index contributed by atoms with van der Waals surface area (Å²) >= 11 is 0. The molecule has 2 N–H and O–H groups in total. The van der Waals surface area contributed by atoms with E-state index in [4.69, 9.17) is 0 Å². The minimum absolute atomic E-state index is 0.271. The summed E-state index contributed by atoms with van der Waals surface area (Å²) in [5, 5.41) is 6.01. The summed E-state index contributed by atoms with van der Waals surface area (Å²) in [6, 6.07) is 13.7. The van der Waals surface area contributed by atoms with Gasteiger partial charge in [0.25, 0.3) is 5.91 Å². The van der Waals surface area contributed by atoms with Crippen molar-refractivity contribution in [3.8, 4) is 0 Å². The summed E-state index contributed by atoms with van der Waals surface area (Å²) in [6.07, 6.45) is 3.02. The molecule has 5 heteroatoms. The molecule has 0 fully saturated rings. The summed E-state index contributed by atoms with van der Waals surface area (Å²) in [5.74, 6) is 0.311. The lowest BCUT2D eigenvalue weighted by Gasteiger charge is -2.09. The van der Waals surface area contributed by atoms with Gasteiger partial charge in [0, 0.05) is 11.4 Å². The van der Waals surface area contributed by atoms with Crippen LogP contribution in [0, 0.1) is 20.8 Å². The molecular formula is C20H20N4O. The Bertz CT molecular complexity index is 904. The van der Waals surface area contributed by atoms with Crippen LogP contribution >= 0.6 is 0 Å². The van der Waals surface area contributed by atoms with E-state index in [1.165, 1.54) is 17.3 Å². The van der Waals surface area contributed by atoms with Gasteiger partial charge < -0.3 is 10.6 Å². The zero-order chi connectivity index (χ0) is 17.8. The molecule has 1 heterocycles. The minimum atomic E-state index is -0.282. The fourth-order valence-electron chi connectivity index (χ4n) is 2.39. The molecule has 0 bridgehead atoms. The molecule has 0 radical (unpaired) electrons. The first-order valence-corrected chi connectivity index (χ1v) is 8.05. The van der Waals surface area contributed by atoms with Crippen LogP contribution in [0.3, 0.4) is 0 Å². The molecular weight excluding hydrogens is 312 g/mol. The van der Waals surface area contributed by atoms with Crippen LogP contribution in [0.15, 0.2) is 54.9 Å². The standard InChI is InChI=1S/C20H20N4O/c1-13-5-4-6-16(9-13)24-20(25)18-11-22-19(12-21-18)23-17-8-7-14(2)15(3)10-17/h4-12H,1-3H3,(H,22,23)(H,24,25). The van der Waals surface area contributed by atoms with Crippen LogP contribution < -0.4 is 10.6 Å². The number of carbonyl (C=O) groups is 1. The molecule has 126 valence electrons. The van der Waals surface area contributed by atoms with Gasteiger partial charge in [0.1, 0.15) is 11.5 Å². The van der Waals surface area contributed by atoms with Crippen molar-refractivity contribution in [1.82, 2.24) is 9.97 Å². The lowest BCUT2D eigenvalue weighted by molar-refractivity contribution is 0.102. The largest absolute Gasteiger partial charge is 0.339 e. The summed E-state index contributed by atoms with van der Waals surface area (Å²) in [7, 11) is 0. The number of amides is 1. The first-order chi connectivity index (χ1) is 12.0. The Balaban J connectivity index is 1.69. The van der Waals surface area contributed by atoms with Crippen molar-refractivity contribution < 1.29 is 4.79 Å². The number of carbonyl (C=O) groups excluding carboxylic acids is 1. The molecule has 1 amide bonds. The lowest BCUT2D eigenvalue weighted by atomic mass is 10.1. The van der Waals surface area contributed by atoms with E-state index >= 15 is 0 Å². The van der Waals surface area contributed by atoms with E-state index in [-0.39, 0.29) is 11.6 Å². The molecule has 0 atom stereocenters. The fraction of sp³-hybridized carbons (Fsp3) is 0.150. The summed E-state index contributed by atoms with van der Waals surface area (Å²) in [5.41, 5.74) is 5.47. The van der Waals surface area contributed by atoms with Crippen LogP contribution in [0.4, 0.5) is 17.2 Å². The lowest BCUT2D eigenvalue weighted by Crippen LogP contribution is -2.14. The third-order valence-electron chi connectivity index (χ3n) is 3.94. The van der Waals surface area contributed by atoms with Crippen LogP contribution in [0.2, 0.25) is 0 Å². The maximum absolute atomic E-state index is 12.2. The van der Waals surface area contributed by atoms with E-state index < -0.39 is 0 Å². The molecule has 0 aliphatic rings. The van der Waals surface area contributed by atoms with Gasteiger partial charge in [0.15, 0.2) is 0 Å². The van der Waals surface area contributed by atoms with Crippen molar-refractivity contribution >= 4 is 23.1 Å². The maximum Gasteiger partial charge on any atom is 0.275 e. The van der Waals surface area contributed by atoms with E-state index in [1.807, 2.05) is 37.3 Å². The predicted octanol–water partition coefficient (Wildman–Crippen LogP) is 4.40. The SMILES string of the molecule is Cc1cccc(NC(=O)c2cnc(Nc3ccc(C)c(C)c3)cn2)c1. The Kier molecular flexibility index (Phi) is 4.75. The molecule has 3 rings (SSSR count). The number of benzene rings is 2. The third kappa shape index (κ3) is 4.20. The number of nitrogens with zero attached hydrogens (tertiary/aromatic N) is 2. The monoisotopic (exact) mass is 332 g/mol. The zero-order valence-electron chi connectivity index (χ0n) is 14.5. The van der Waals surface area contributed by atoms with E-state index in [9.17, 15) is 4.79 Å². The van der Waals surface area contributed by atoms with Gasteiger partial charge >= 0.3 is 0 Å². The molecule has 0 spiro atoms.